The predicted octanol–water partition coefficient (Wildman–Crippen LogP) is 3.48. The summed E-state index contributed by atoms with van der Waals surface area (Å²) in [4.78, 5) is 0. The van der Waals surface area contributed by atoms with Crippen LogP contribution in [-0.2, 0) is 9.47 Å². The topological polar surface area (TPSA) is 30.5 Å². The third-order valence-electron chi connectivity index (χ3n) is 3.50. The van der Waals surface area contributed by atoms with Gasteiger partial charge in [0.05, 0.1) is 12.7 Å². The van der Waals surface area contributed by atoms with Crippen molar-refractivity contribution in [3.8, 4) is 0 Å². The van der Waals surface area contributed by atoms with Crippen LogP contribution in [0.3, 0.4) is 0 Å². The summed E-state index contributed by atoms with van der Waals surface area (Å²) in [6.07, 6.45) is 8.27. The molecule has 1 aliphatic rings. The van der Waals surface area contributed by atoms with Crippen LogP contribution in [0.15, 0.2) is 0 Å². The zero-order valence-corrected chi connectivity index (χ0v) is 12.6. The molecule has 0 aliphatic carbocycles. The maximum absolute atomic E-state index is 5.77. The lowest BCUT2D eigenvalue weighted by atomic mass is 10.1. The van der Waals surface area contributed by atoms with Crippen LogP contribution >= 0.6 is 0 Å². The molecular formula is C15H31NO2. The van der Waals surface area contributed by atoms with Crippen molar-refractivity contribution < 1.29 is 9.47 Å². The summed E-state index contributed by atoms with van der Waals surface area (Å²) in [6, 6.07) is 0.582. The molecule has 1 heterocycles. The van der Waals surface area contributed by atoms with Gasteiger partial charge in [-0.3, -0.25) is 0 Å². The van der Waals surface area contributed by atoms with Crippen LogP contribution in [-0.4, -0.2) is 31.1 Å². The molecule has 0 amide bonds. The summed E-state index contributed by atoms with van der Waals surface area (Å²) in [5, 5.41) is 3.55. The standard InChI is InChI=1S/C15H31NO2/c1-5-6-7-8-9-10-13(2)16-11-14-12-17-15(3,4)18-14/h13-14,16H,5-12H2,1-4H3. The fourth-order valence-electron chi connectivity index (χ4n) is 2.35. The lowest BCUT2D eigenvalue weighted by molar-refractivity contribution is -0.137. The summed E-state index contributed by atoms with van der Waals surface area (Å²) in [5.74, 6) is -0.393. The molecule has 1 rings (SSSR count). The molecule has 1 fully saturated rings. The van der Waals surface area contributed by atoms with E-state index in [-0.39, 0.29) is 6.10 Å². The van der Waals surface area contributed by atoms with Gasteiger partial charge in [-0.2, -0.15) is 0 Å². The van der Waals surface area contributed by atoms with Crippen molar-refractivity contribution >= 4 is 0 Å². The van der Waals surface area contributed by atoms with Crippen LogP contribution in [0.25, 0.3) is 0 Å². The van der Waals surface area contributed by atoms with Crippen molar-refractivity contribution in [1.82, 2.24) is 5.32 Å². The first-order valence-electron chi connectivity index (χ1n) is 7.58. The van der Waals surface area contributed by atoms with Gasteiger partial charge in [0.2, 0.25) is 0 Å². The Kier molecular flexibility index (Phi) is 7.20. The molecule has 1 N–H and O–H groups in total. The second-order valence-corrected chi connectivity index (χ2v) is 5.96. The first kappa shape index (κ1) is 15.9. The molecule has 0 aromatic rings. The van der Waals surface area contributed by atoms with Gasteiger partial charge in [-0.1, -0.05) is 39.0 Å². The molecule has 0 aromatic carbocycles. The van der Waals surface area contributed by atoms with Gasteiger partial charge in [0.25, 0.3) is 0 Å². The Bertz CT molecular complexity index is 219. The third-order valence-corrected chi connectivity index (χ3v) is 3.50. The van der Waals surface area contributed by atoms with E-state index in [9.17, 15) is 0 Å². The summed E-state index contributed by atoms with van der Waals surface area (Å²) in [6.45, 7) is 10.1. The molecule has 2 unspecified atom stereocenters. The molecule has 0 radical (unpaired) electrons. The fourth-order valence-corrected chi connectivity index (χ4v) is 2.35. The van der Waals surface area contributed by atoms with E-state index >= 15 is 0 Å². The first-order chi connectivity index (χ1) is 8.53. The highest BCUT2D eigenvalue weighted by Crippen LogP contribution is 2.21. The maximum atomic E-state index is 5.77. The van der Waals surface area contributed by atoms with Crippen LogP contribution in [0.1, 0.15) is 66.2 Å². The minimum atomic E-state index is -0.393. The minimum Gasteiger partial charge on any atom is -0.348 e. The molecule has 3 heteroatoms. The van der Waals surface area contributed by atoms with Crippen LogP contribution in [0, 0.1) is 0 Å². The molecule has 0 spiro atoms. The van der Waals surface area contributed by atoms with Gasteiger partial charge >= 0.3 is 0 Å². The lowest BCUT2D eigenvalue weighted by Gasteiger charge is -2.19. The van der Waals surface area contributed by atoms with Crippen molar-refractivity contribution in [2.45, 2.75) is 84.2 Å². The first-order valence-corrected chi connectivity index (χ1v) is 7.58. The molecule has 18 heavy (non-hydrogen) atoms. The predicted molar refractivity (Wildman–Crippen MR) is 75.7 cm³/mol. The highest BCUT2D eigenvalue weighted by molar-refractivity contribution is 4.74. The van der Waals surface area contributed by atoms with E-state index < -0.39 is 5.79 Å². The van der Waals surface area contributed by atoms with E-state index in [4.69, 9.17) is 9.47 Å². The van der Waals surface area contributed by atoms with Gasteiger partial charge in [-0.15, -0.1) is 0 Å². The van der Waals surface area contributed by atoms with E-state index in [0.29, 0.717) is 12.6 Å². The van der Waals surface area contributed by atoms with E-state index in [1.807, 2.05) is 13.8 Å². The minimum absolute atomic E-state index is 0.211. The molecule has 1 saturated heterocycles. The van der Waals surface area contributed by atoms with Crippen molar-refractivity contribution in [3.63, 3.8) is 0 Å². The second-order valence-electron chi connectivity index (χ2n) is 5.96. The van der Waals surface area contributed by atoms with Crippen molar-refractivity contribution in [2.75, 3.05) is 13.2 Å². The number of ether oxygens (including phenoxy) is 2. The molecule has 0 aromatic heterocycles. The van der Waals surface area contributed by atoms with Crippen LogP contribution in [0.4, 0.5) is 0 Å². The third kappa shape index (κ3) is 6.72. The van der Waals surface area contributed by atoms with E-state index in [0.717, 1.165) is 6.54 Å². The summed E-state index contributed by atoms with van der Waals surface area (Å²) < 4.78 is 11.3. The summed E-state index contributed by atoms with van der Waals surface area (Å²) in [5.41, 5.74) is 0. The normalized spacial score (nSPS) is 24.3. The Morgan fingerprint density at radius 3 is 2.56 bits per heavy atom. The summed E-state index contributed by atoms with van der Waals surface area (Å²) in [7, 11) is 0. The fraction of sp³-hybridized carbons (Fsp3) is 1.00. The average Bonchev–Trinajstić information content (AvgIpc) is 2.66. The number of unbranched alkanes of at least 4 members (excludes halogenated alkanes) is 4. The van der Waals surface area contributed by atoms with Gasteiger partial charge in [-0.05, 0) is 27.2 Å². The van der Waals surface area contributed by atoms with Crippen molar-refractivity contribution in [2.24, 2.45) is 0 Å². The highest BCUT2D eigenvalue weighted by Gasteiger charge is 2.32. The molecule has 0 saturated carbocycles. The Morgan fingerprint density at radius 2 is 1.94 bits per heavy atom. The van der Waals surface area contributed by atoms with Crippen molar-refractivity contribution in [3.05, 3.63) is 0 Å². The second kappa shape index (κ2) is 8.13. The number of hydrogen-bond donors (Lipinski definition) is 1. The Hall–Kier alpha value is -0.120. The van der Waals surface area contributed by atoms with Gasteiger partial charge in [0.15, 0.2) is 5.79 Å². The number of nitrogens with one attached hydrogen (secondary N) is 1. The van der Waals surface area contributed by atoms with Crippen LogP contribution in [0.2, 0.25) is 0 Å². The number of rotatable bonds is 9. The smallest absolute Gasteiger partial charge is 0.163 e. The monoisotopic (exact) mass is 257 g/mol. The average molecular weight is 257 g/mol. The van der Waals surface area contributed by atoms with E-state index in [1.54, 1.807) is 0 Å². The van der Waals surface area contributed by atoms with Crippen LogP contribution in [0.5, 0.6) is 0 Å². The van der Waals surface area contributed by atoms with E-state index in [1.165, 1.54) is 38.5 Å². The van der Waals surface area contributed by atoms with Gasteiger partial charge in [0, 0.05) is 12.6 Å². The quantitative estimate of drug-likeness (QED) is 0.642. The maximum Gasteiger partial charge on any atom is 0.163 e. The Morgan fingerprint density at radius 1 is 1.22 bits per heavy atom. The van der Waals surface area contributed by atoms with Gasteiger partial charge in [-0.25, -0.2) is 0 Å². The SMILES string of the molecule is CCCCCCCC(C)NCC1COC(C)(C)O1. The Balaban J connectivity index is 1.98. The highest BCUT2D eigenvalue weighted by atomic mass is 16.7. The van der Waals surface area contributed by atoms with Gasteiger partial charge < -0.3 is 14.8 Å². The van der Waals surface area contributed by atoms with Crippen molar-refractivity contribution in [1.29, 1.82) is 0 Å². The molecule has 108 valence electrons. The Labute approximate surface area is 113 Å². The van der Waals surface area contributed by atoms with Gasteiger partial charge in [0.1, 0.15) is 0 Å². The largest absolute Gasteiger partial charge is 0.348 e. The van der Waals surface area contributed by atoms with E-state index in [2.05, 4.69) is 19.2 Å². The lowest BCUT2D eigenvalue weighted by Crippen LogP contribution is -2.35. The molecule has 3 nitrogen and oxygen atoms in total. The molecular weight excluding hydrogens is 226 g/mol. The molecule has 0 bridgehead atoms. The zero-order chi connectivity index (χ0) is 13.4. The summed E-state index contributed by atoms with van der Waals surface area (Å²) >= 11 is 0. The molecule has 2 atom stereocenters. The number of hydrogen-bond acceptors (Lipinski definition) is 3. The zero-order valence-electron chi connectivity index (χ0n) is 12.6. The molecule has 1 aliphatic heterocycles. The van der Waals surface area contributed by atoms with Crippen LogP contribution < -0.4 is 5.32 Å².